The highest BCUT2D eigenvalue weighted by Crippen LogP contribution is 2.20. The summed E-state index contributed by atoms with van der Waals surface area (Å²) in [5.41, 5.74) is 0.883. The standard InChI is InChI=1S/C12H15ClN2O2S/c1-6-9(11(16)14-7(2)10(6)13)12(17)15-8-3-4-18-5-8/h8H,3-5H2,1-2H3,(H,14,16)(H,15,17)/t8-/m0/s1. The van der Waals surface area contributed by atoms with Crippen molar-refractivity contribution in [2.24, 2.45) is 0 Å². The monoisotopic (exact) mass is 286 g/mol. The van der Waals surface area contributed by atoms with E-state index < -0.39 is 0 Å². The van der Waals surface area contributed by atoms with E-state index in [0.717, 1.165) is 17.9 Å². The van der Waals surface area contributed by atoms with Crippen LogP contribution in [0.25, 0.3) is 0 Å². The number of carbonyl (C=O) groups excluding carboxylic acids is 1. The first-order chi connectivity index (χ1) is 8.50. The van der Waals surface area contributed by atoms with Crippen LogP contribution in [0.4, 0.5) is 0 Å². The summed E-state index contributed by atoms with van der Waals surface area (Å²) in [6, 6.07) is 0.154. The number of nitrogens with one attached hydrogen (secondary N) is 2. The van der Waals surface area contributed by atoms with Gasteiger partial charge in [-0.2, -0.15) is 11.8 Å². The molecule has 1 aliphatic heterocycles. The van der Waals surface area contributed by atoms with Crippen LogP contribution in [0.5, 0.6) is 0 Å². The predicted molar refractivity (Wildman–Crippen MR) is 74.7 cm³/mol. The highest BCUT2D eigenvalue weighted by Gasteiger charge is 2.22. The quantitative estimate of drug-likeness (QED) is 0.873. The Morgan fingerprint density at radius 2 is 2.22 bits per heavy atom. The third-order valence-corrected chi connectivity index (χ3v) is 4.78. The summed E-state index contributed by atoms with van der Waals surface area (Å²) in [7, 11) is 0. The number of hydrogen-bond acceptors (Lipinski definition) is 3. The van der Waals surface area contributed by atoms with Crippen molar-refractivity contribution in [1.82, 2.24) is 10.3 Å². The molecular weight excluding hydrogens is 272 g/mol. The number of H-pyrrole nitrogens is 1. The smallest absolute Gasteiger partial charge is 0.261 e. The fraction of sp³-hybridized carbons (Fsp3) is 0.500. The number of halogens is 1. The topological polar surface area (TPSA) is 62.0 Å². The molecular formula is C12H15ClN2O2S. The van der Waals surface area contributed by atoms with Crippen LogP contribution in [0.2, 0.25) is 5.02 Å². The van der Waals surface area contributed by atoms with Crippen LogP contribution in [0.15, 0.2) is 4.79 Å². The van der Waals surface area contributed by atoms with Crippen molar-refractivity contribution in [3.63, 3.8) is 0 Å². The number of amides is 1. The first kappa shape index (κ1) is 13.5. The maximum Gasteiger partial charge on any atom is 0.261 e. The minimum atomic E-state index is -0.377. The molecule has 0 unspecified atom stereocenters. The second-order valence-electron chi connectivity index (χ2n) is 4.43. The molecule has 1 atom stereocenters. The van der Waals surface area contributed by atoms with Gasteiger partial charge in [-0.1, -0.05) is 11.6 Å². The lowest BCUT2D eigenvalue weighted by Gasteiger charge is -2.13. The maximum atomic E-state index is 12.1. The molecule has 6 heteroatoms. The SMILES string of the molecule is Cc1[nH]c(=O)c(C(=O)N[C@H]2CCSC2)c(C)c1Cl. The number of aromatic nitrogens is 1. The van der Waals surface area contributed by atoms with Crippen LogP contribution in [-0.4, -0.2) is 28.4 Å². The number of thioether (sulfide) groups is 1. The largest absolute Gasteiger partial charge is 0.348 e. The molecule has 2 rings (SSSR count). The molecule has 1 aromatic rings. The van der Waals surface area contributed by atoms with Crippen molar-refractivity contribution >= 4 is 29.3 Å². The van der Waals surface area contributed by atoms with E-state index in [0.29, 0.717) is 16.3 Å². The van der Waals surface area contributed by atoms with Crippen LogP contribution in [0.1, 0.15) is 28.0 Å². The van der Waals surface area contributed by atoms with Crippen molar-refractivity contribution < 1.29 is 4.79 Å². The number of aromatic amines is 1. The number of rotatable bonds is 2. The molecule has 0 aromatic carbocycles. The molecule has 1 amide bonds. The fourth-order valence-corrected chi connectivity index (χ4v) is 3.32. The maximum absolute atomic E-state index is 12.1. The van der Waals surface area contributed by atoms with Gasteiger partial charge in [0.25, 0.3) is 11.5 Å². The second kappa shape index (κ2) is 5.36. The van der Waals surface area contributed by atoms with Gasteiger partial charge >= 0.3 is 0 Å². The van der Waals surface area contributed by atoms with Gasteiger partial charge < -0.3 is 10.3 Å². The van der Waals surface area contributed by atoms with Gasteiger partial charge in [0.1, 0.15) is 5.56 Å². The predicted octanol–water partition coefficient (Wildman–Crippen LogP) is 1.88. The molecule has 1 saturated heterocycles. The molecule has 1 aromatic heterocycles. The van der Waals surface area contributed by atoms with Crippen LogP contribution in [-0.2, 0) is 0 Å². The van der Waals surface area contributed by atoms with Crippen LogP contribution in [0.3, 0.4) is 0 Å². The molecule has 4 nitrogen and oxygen atoms in total. The number of hydrogen-bond donors (Lipinski definition) is 2. The summed E-state index contributed by atoms with van der Waals surface area (Å²) in [5.74, 6) is 1.63. The Morgan fingerprint density at radius 1 is 1.50 bits per heavy atom. The van der Waals surface area contributed by atoms with E-state index in [1.54, 1.807) is 25.6 Å². The Kier molecular flexibility index (Phi) is 4.02. The van der Waals surface area contributed by atoms with Crippen molar-refractivity contribution in [3.8, 4) is 0 Å². The Labute approximate surface area is 114 Å². The average molecular weight is 287 g/mol. The molecule has 0 bridgehead atoms. The zero-order chi connectivity index (χ0) is 13.3. The lowest BCUT2D eigenvalue weighted by molar-refractivity contribution is 0.0939. The van der Waals surface area contributed by atoms with Gasteiger partial charge in [0.15, 0.2) is 0 Å². The second-order valence-corrected chi connectivity index (χ2v) is 5.95. The van der Waals surface area contributed by atoms with Gasteiger partial charge in [0, 0.05) is 17.5 Å². The molecule has 18 heavy (non-hydrogen) atoms. The summed E-state index contributed by atoms with van der Waals surface area (Å²) < 4.78 is 0. The first-order valence-corrected chi connectivity index (χ1v) is 7.31. The molecule has 0 spiro atoms. The van der Waals surface area contributed by atoms with Crippen LogP contribution < -0.4 is 10.9 Å². The first-order valence-electron chi connectivity index (χ1n) is 5.78. The molecule has 1 aliphatic rings. The number of aryl methyl sites for hydroxylation is 1. The minimum Gasteiger partial charge on any atom is -0.348 e. The summed E-state index contributed by atoms with van der Waals surface area (Å²) >= 11 is 7.87. The van der Waals surface area contributed by atoms with Crippen molar-refractivity contribution in [3.05, 3.63) is 32.2 Å². The molecule has 2 N–H and O–H groups in total. The Balaban J connectivity index is 2.30. The Hall–Kier alpha value is -0.940. The Morgan fingerprint density at radius 3 is 2.83 bits per heavy atom. The van der Waals surface area contributed by atoms with Gasteiger partial charge in [0.05, 0.1) is 5.02 Å². The number of pyridine rings is 1. The van der Waals surface area contributed by atoms with Gasteiger partial charge in [-0.05, 0) is 31.6 Å². The van der Waals surface area contributed by atoms with Gasteiger partial charge in [-0.3, -0.25) is 9.59 Å². The van der Waals surface area contributed by atoms with E-state index in [-0.39, 0.29) is 23.1 Å². The van der Waals surface area contributed by atoms with E-state index >= 15 is 0 Å². The van der Waals surface area contributed by atoms with E-state index in [1.807, 2.05) is 0 Å². The molecule has 0 radical (unpaired) electrons. The summed E-state index contributed by atoms with van der Waals surface area (Å²) in [5, 5.41) is 3.33. The van der Waals surface area contributed by atoms with E-state index in [2.05, 4.69) is 10.3 Å². The summed E-state index contributed by atoms with van der Waals surface area (Å²) in [6.07, 6.45) is 0.951. The minimum absolute atomic E-state index is 0.127. The summed E-state index contributed by atoms with van der Waals surface area (Å²) in [6.45, 7) is 3.41. The fourth-order valence-electron chi connectivity index (χ4n) is 2.03. The molecule has 0 saturated carbocycles. The lowest BCUT2D eigenvalue weighted by Crippen LogP contribution is -2.38. The van der Waals surface area contributed by atoms with Gasteiger partial charge in [-0.25, -0.2) is 0 Å². The van der Waals surface area contributed by atoms with Gasteiger partial charge in [-0.15, -0.1) is 0 Å². The third kappa shape index (κ3) is 2.57. The van der Waals surface area contributed by atoms with Crippen LogP contribution in [0, 0.1) is 13.8 Å². The van der Waals surface area contributed by atoms with E-state index in [9.17, 15) is 9.59 Å². The molecule has 0 aliphatic carbocycles. The highest BCUT2D eigenvalue weighted by molar-refractivity contribution is 7.99. The zero-order valence-corrected chi connectivity index (χ0v) is 11.9. The van der Waals surface area contributed by atoms with Crippen molar-refractivity contribution in [2.75, 3.05) is 11.5 Å². The zero-order valence-electron chi connectivity index (χ0n) is 10.3. The lowest BCUT2D eigenvalue weighted by atomic mass is 10.1. The number of carbonyl (C=O) groups is 1. The molecule has 98 valence electrons. The van der Waals surface area contributed by atoms with Crippen molar-refractivity contribution in [2.45, 2.75) is 26.3 Å². The highest BCUT2D eigenvalue weighted by atomic mass is 35.5. The summed E-state index contributed by atoms with van der Waals surface area (Å²) in [4.78, 5) is 26.6. The van der Waals surface area contributed by atoms with Crippen molar-refractivity contribution in [1.29, 1.82) is 0 Å². The van der Waals surface area contributed by atoms with E-state index in [4.69, 9.17) is 11.6 Å². The Bertz CT molecular complexity index is 536. The average Bonchev–Trinajstić information content (AvgIpc) is 2.78. The molecule has 1 fully saturated rings. The van der Waals surface area contributed by atoms with Crippen LogP contribution >= 0.6 is 23.4 Å². The van der Waals surface area contributed by atoms with E-state index in [1.165, 1.54) is 0 Å². The van der Waals surface area contributed by atoms with Gasteiger partial charge in [0.2, 0.25) is 0 Å². The molecule has 2 heterocycles. The normalized spacial score (nSPS) is 18.9. The third-order valence-electron chi connectivity index (χ3n) is 3.05.